The van der Waals surface area contributed by atoms with Gasteiger partial charge in [0.25, 0.3) is 5.91 Å². The van der Waals surface area contributed by atoms with Crippen molar-refractivity contribution in [2.75, 3.05) is 26.1 Å². The number of halogens is 1. The number of benzene rings is 2. The molecule has 0 spiro atoms. The van der Waals surface area contributed by atoms with Crippen LogP contribution >= 0.6 is 12.4 Å². The van der Waals surface area contributed by atoms with Crippen LogP contribution in [0.1, 0.15) is 21.5 Å². The second-order valence-electron chi connectivity index (χ2n) is 5.39. The number of nitrogens with one attached hydrogen (secondary N) is 2. The van der Waals surface area contributed by atoms with E-state index in [9.17, 15) is 4.79 Å². The van der Waals surface area contributed by atoms with E-state index in [1.807, 2.05) is 12.1 Å². The Labute approximate surface area is 147 Å². The van der Waals surface area contributed by atoms with Crippen LogP contribution in [-0.4, -0.2) is 26.7 Å². The van der Waals surface area contributed by atoms with E-state index in [1.165, 1.54) is 11.1 Å². The lowest BCUT2D eigenvalue weighted by molar-refractivity contribution is 0.102. The first-order valence-corrected chi connectivity index (χ1v) is 7.58. The number of carbonyl (C=O) groups excluding carboxylic acids is 1. The first-order valence-electron chi connectivity index (χ1n) is 7.58. The number of hydrogen-bond donors (Lipinski definition) is 2. The van der Waals surface area contributed by atoms with Gasteiger partial charge in [0.1, 0.15) is 0 Å². The predicted molar refractivity (Wildman–Crippen MR) is 96.6 cm³/mol. The van der Waals surface area contributed by atoms with Gasteiger partial charge in [-0.3, -0.25) is 4.79 Å². The Morgan fingerprint density at radius 1 is 1.12 bits per heavy atom. The van der Waals surface area contributed by atoms with Crippen LogP contribution in [0.5, 0.6) is 11.5 Å². The van der Waals surface area contributed by atoms with Crippen molar-refractivity contribution in [3.63, 3.8) is 0 Å². The lowest BCUT2D eigenvalue weighted by Gasteiger charge is -2.20. The molecular weight excluding hydrogens is 328 g/mol. The third kappa shape index (κ3) is 3.63. The van der Waals surface area contributed by atoms with E-state index in [4.69, 9.17) is 9.47 Å². The molecule has 6 heteroatoms. The highest BCUT2D eigenvalue weighted by Gasteiger charge is 2.16. The molecule has 0 saturated heterocycles. The Bertz CT molecular complexity index is 734. The summed E-state index contributed by atoms with van der Waals surface area (Å²) in [6.07, 6.45) is 0.914. The Morgan fingerprint density at radius 2 is 1.92 bits per heavy atom. The second-order valence-corrected chi connectivity index (χ2v) is 5.39. The van der Waals surface area contributed by atoms with Crippen LogP contribution in [-0.2, 0) is 13.0 Å². The highest BCUT2D eigenvalue weighted by molar-refractivity contribution is 6.05. The smallest absolute Gasteiger partial charge is 0.255 e. The van der Waals surface area contributed by atoms with E-state index in [0.717, 1.165) is 25.2 Å². The number of ether oxygens (including phenoxy) is 2. The van der Waals surface area contributed by atoms with Gasteiger partial charge in [-0.15, -0.1) is 12.4 Å². The number of hydrogen-bond acceptors (Lipinski definition) is 4. The zero-order chi connectivity index (χ0) is 16.2. The zero-order valence-corrected chi connectivity index (χ0v) is 14.5. The zero-order valence-electron chi connectivity index (χ0n) is 13.7. The first-order chi connectivity index (χ1) is 11.2. The van der Waals surface area contributed by atoms with Crippen LogP contribution in [0.25, 0.3) is 0 Å². The number of carbonyl (C=O) groups is 1. The summed E-state index contributed by atoms with van der Waals surface area (Å²) in [6, 6.07) is 11.2. The molecule has 0 unspecified atom stereocenters. The van der Waals surface area contributed by atoms with Crippen molar-refractivity contribution in [3.05, 3.63) is 53.1 Å². The Balaban J connectivity index is 0.00000208. The summed E-state index contributed by atoms with van der Waals surface area (Å²) in [5.74, 6) is 0.990. The van der Waals surface area contributed by atoms with Gasteiger partial charge in [-0.05, 0) is 48.4 Å². The van der Waals surface area contributed by atoms with Crippen molar-refractivity contribution in [3.8, 4) is 11.5 Å². The van der Waals surface area contributed by atoms with E-state index in [0.29, 0.717) is 17.1 Å². The molecule has 1 heterocycles. The van der Waals surface area contributed by atoms with Crippen molar-refractivity contribution in [2.24, 2.45) is 0 Å². The largest absolute Gasteiger partial charge is 0.493 e. The molecule has 0 atom stereocenters. The maximum atomic E-state index is 12.5. The minimum absolute atomic E-state index is 0. The van der Waals surface area contributed by atoms with Gasteiger partial charge < -0.3 is 20.1 Å². The highest BCUT2D eigenvalue weighted by atomic mass is 35.5. The number of methoxy groups -OCH3 is 2. The van der Waals surface area contributed by atoms with Crippen LogP contribution < -0.4 is 20.1 Å². The molecule has 128 valence electrons. The Kier molecular flexibility index (Phi) is 6.06. The molecule has 1 amide bonds. The summed E-state index contributed by atoms with van der Waals surface area (Å²) in [7, 11) is 3.13. The van der Waals surface area contributed by atoms with Gasteiger partial charge in [0, 0.05) is 17.8 Å². The maximum Gasteiger partial charge on any atom is 0.255 e. The van der Waals surface area contributed by atoms with Crippen molar-refractivity contribution < 1.29 is 14.3 Å². The molecule has 0 saturated carbocycles. The van der Waals surface area contributed by atoms with Gasteiger partial charge in [0.15, 0.2) is 11.5 Å². The summed E-state index contributed by atoms with van der Waals surface area (Å²) in [6.45, 7) is 1.77. The van der Waals surface area contributed by atoms with Gasteiger partial charge in [0.2, 0.25) is 0 Å². The van der Waals surface area contributed by atoms with E-state index >= 15 is 0 Å². The topological polar surface area (TPSA) is 59.6 Å². The van der Waals surface area contributed by atoms with Gasteiger partial charge in [0.05, 0.1) is 14.2 Å². The number of anilines is 1. The third-order valence-electron chi connectivity index (χ3n) is 4.03. The van der Waals surface area contributed by atoms with Crippen molar-refractivity contribution in [1.29, 1.82) is 0 Å². The summed E-state index contributed by atoms with van der Waals surface area (Å²) < 4.78 is 10.5. The SMILES string of the molecule is COc1ccc(C(=O)Nc2cccc3c2CCNC3)cc1OC.Cl. The third-order valence-corrected chi connectivity index (χ3v) is 4.03. The molecule has 0 radical (unpaired) electrons. The summed E-state index contributed by atoms with van der Waals surface area (Å²) in [5.41, 5.74) is 3.86. The normalized spacial score (nSPS) is 12.6. The molecule has 0 aromatic heterocycles. The fraction of sp³-hybridized carbons (Fsp3) is 0.278. The summed E-state index contributed by atoms with van der Waals surface area (Å²) in [5, 5.41) is 6.35. The molecule has 2 N–H and O–H groups in total. The molecular formula is C18H21ClN2O3. The second kappa shape index (κ2) is 8.04. The van der Waals surface area contributed by atoms with Gasteiger partial charge in [-0.1, -0.05) is 12.1 Å². The van der Waals surface area contributed by atoms with E-state index < -0.39 is 0 Å². The van der Waals surface area contributed by atoms with Crippen LogP contribution in [0.15, 0.2) is 36.4 Å². The molecule has 1 aliphatic heterocycles. The number of amides is 1. The quantitative estimate of drug-likeness (QED) is 0.891. The van der Waals surface area contributed by atoms with Gasteiger partial charge in [-0.2, -0.15) is 0 Å². The lowest BCUT2D eigenvalue weighted by Crippen LogP contribution is -2.25. The molecule has 5 nitrogen and oxygen atoms in total. The molecule has 24 heavy (non-hydrogen) atoms. The minimum atomic E-state index is -0.155. The number of rotatable bonds is 4. The molecule has 2 aromatic carbocycles. The molecule has 0 aliphatic carbocycles. The Hall–Kier alpha value is -2.24. The van der Waals surface area contributed by atoms with Crippen molar-refractivity contribution in [2.45, 2.75) is 13.0 Å². The highest BCUT2D eigenvalue weighted by Crippen LogP contribution is 2.28. The molecule has 0 bridgehead atoms. The average molecular weight is 349 g/mol. The predicted octanol–water partition coefficient (Wildman–Crippen LogP) is 3.02. The molecule has 2 aromatic rings. The van der Waals surface area contributed by atoms with E-state index in [1.54, 1.807) is 32.4 Å². The number of fused-ring (bicyclic) bond motifs is 1. The van der Waals surface area contributed by atoms with Gasteiger partial charge in [-0.25, -0.2) is 0 Å². The summed E-state index contributed by atoms with van der Waals surface area (Å²) >= 11 is 0. The molecule has 3 rings (SSSR count). The van der Waals surface area contributed by atoms with Crippen molar-refractivity contribution in [1.82, 2.24) is 5.32 Å². The minimum Gasteiger partial charge on any atom is -0.493 e. The first kappa shape index (κ1) is 18.1. The standard InChI is InChI=1S/C18H20N2O3.ClH/c1-22-16-7-6-12(10-17(16)23-2)18(21)20-15-5-3-4-13-11-19-9-8-14(13)15;/h3-7,10,19H,8-9,11H2,1-2H3,(H,20,21);1H. The fourth-order valence-corrected chi connectivity index (χ4v) is 2.82. The molecule has 0 fully saturated rings. The lowest BCUT2D eigenvalue weighted by atomic mass is 9.99. The fourth-order valence-electron chi connectivity index (χ4n) is 2.82. The maximum absolute atomic E-state index is 12.5. The van der Waals surface area contributed by atoms with Crippen LogP contribution in [0.2, 0.25) is 0 Å². The monoisotopic (exact) mass is 348 g/mol. The van der Waals surface area contributed by atoms with Crippen LogP contribution in [0, 0.1) is 0 Å². The van der Waals surface area contributed by atoms with E-state index in [2.05, 4.69) is 16.7 Å². The molecule has 1 aliphatic rings. The van der Waals surface area contributed by atoms with Crippen LogP contribution in [0.4, 0.5) is 5.69 Å². The Morgan fingerprint density at radius 3 is 2.67 bits per heavy atom. The van der Waals surface area contributed by atoms with Crippen LogP contribution in [0.3, 0.4) is 0 Å². The van der Waals surface area contributed by atoms with Gasteiger partial charge >= 0.3 is 0 Å². The van der Waals surface area contributed by atoms with E-state index in [-0.39, 0.29) is 18.3 Å². The summed E-state index contributed by atoms with van der Waals surface area (Å²) in [4.78, 5) is 12.5. The average Bonchev–Trinajstić information content (AvgIpc) is 2.61. The van der Waals surface area contributed by atoms with Crippen molar-refractivity contribution >= 4 is 24.0 Å².